The highest BCUT2D eigenvalue weighted by molar-refractivity contribution is 6.29. The van der Waals surface area contributed by atoms with E-state index in [0.29, 0.717) is 5.56 Å². The molecule has 0 amide bonds. The van der Waals surface area contributed by atoms with Crippen molar-refractivity contribution in [2.45, 2.75) is 31.6 Å². The van der Waals surface area contributed by atoms with Crippen LogP contribution in [0.15, 0.2) is 18.2 Å². The predicted molar refractivity (Wildman–Crippen MR) is 72.3 cm³/mol. The first kappa shape index (κ1) is 14.8. The number of rotatable bonds is 3. The average Bonchev–Trinajstić information content (AvgIpc) is 2.35. The molecule has 0 bridgehead atoms. The molecule has 0 radical (unpaired) electrons. The Morgan fingerprint density at radius 2 is 1.89 bits per heavy atom. The molecule has 1 rings (SSSR count). The first-order chi connectivity index (χ1) is 8.31. The van der Waals surface area contributed by atoms with E-state index in [4.69, 9.17) is 16.3 Å². The van der Waals surface area contributed by atoms with Crippen LogP contribution in [0.5, 0.6) is 5.75 Å². The van der Waals surface area contributed by atoms with Gasteiger partial charge in [-0.05, 0) is 28.7 Å². The molecular weight excluding hydrogens is 252 g/mol. The van der Waals surface area contributed by atoms with Gasteiger partial charge in [0.2, 0.25) is 0 Å². The molecule has 100 valence electrons. The Kier molecular flexibility index (Phi) is 4.63. The normalized spacial score (nSPS) is 13.0. The third-order valence-corrected chi connectivity index (χ3v) is 3.16. The highest BCUT2D eigenvalue weighted by Gasteiger charge is 2.24. The second kappa shape index (κ2) is 5.61. The topological polar surface area (TPSA) is 35.5 Å². The van der Waals surface area contributed by atoms with Crippen LogP contribution in [0.4, 0.5) is 0 Å². The van der Waals surface area contributed by atoms with Gasteiger partial charge in [-0.25, -0.2) is 0 Å². The minimum Gasteiger partial charge on any atom is -0.496 e. The lowest BCUT2D eigenvalue weighted by molar-refractivity contribution is -0.140. The Morgan fingerprint density at radius 3 is 2.33 bits per heavy atom. The number of halogens is 1. The van der Waals surface area contributed by atoms with Crippen LogP contribution in [0.2, 0.25) is 0 Å². The number of benzene rings is 1. The number of carbonyl (C=O) groups is 1. The third-order valence-electron chi connectivity index (χ3n) is 2.73. The molecule has 1 atom stereocenters. The molecule has 0 spiro atoms. The van der Waals surface area contributed by atoms with Gasteiger partial charge in [0, 0.05) is 0 Å². The Balaban J connectivity index is 3.23. The molecule has 0 aromatic heterocycles. The van der Waals surface area contributed by atoms with E-state index in [9.17, 15) is 4.79 Å². The number of esters is 1. The number of ether oxygens (including phenoxy) is 2. The van der Waals surface area contributed by atoms with Crippen molar-refractivity contribution in [2.75, 3.05) is 14.2 Å². The predicted octanol–water partition coefficient (Wildman–Crippen LogP) is 3.45. The molecule has 0 aliphatic carbocycles. The first-order valence-corrected chi connectivity index (χ1v) is 6.15. The van der Waals surface area contributed by atoms with E-state index >= 15 is 0 Å². The van der Waals surface area contributed by atoms with Gasteiger partial charge in [0.25, 0.3) is 0 Å². The van der Waals surface area contributed by atoms with Gasteiger partial charge in [0.1, 0.15) is 5.75 Å². The van der Waals surface area contributed by atoms with E-state index in [-0.39, 0.29) is 5.41 Å². The molecule has 0 saturated heterocycles. The maximum Gasteiger partial charge on any atom is 0.328 e. The summed E-state index contributed by atoms with van der Waals surface area (Å²) in [7, 11) is 2.95. The summed E-state index contributed by atoms with van der Waals surface area (Å²) in [5.74, 6) is 0.335. The van der Waals surface area contributed by atoms with E-state index in [1.807, 2.05) is 12.1 Å². The molecule has 0 aliphatic rings. The quantitative estimate of drug-likeness (QED) is 0.623. The van der Waals surface area contributed by atoms with E-state index in [1.165, 1.54) is 7.11 Å². The van der Waals surface area contributed by atoms with Gasteiger partial charge >= 0.3 is 5.97 Å². The average molecular weight is 271 g/mol. The van der Waals surface area contributed by atoms with Crippen LogP contribution in [0.25, 0.3) is 0 Å². The van der Waals surface area contributed by atoms with Crippen LogP contribution in [-0.2, 0) is 14.9 Å². The van der Waals surface area contributed by atoms with Crippen LogP contribution in [0.3, 0.4) is 0 Å². The van der Waals surface area contributed by atoms with E-state index in [0.717, 1.165) is 11.3 Å². The lowest BCUT2D eigenvalue weighted by atomic mass is 9.85. The highest BCUT2D eigenvalue weighted by Crippen LogP contribution is 2.34. The Labute approximate surface area is 113 Å². The van der Waals surface area contributed by atoms with Crippen molar-refractivity contribution in [3.8, 4) is 5.75 Å². The van der Waals surface area contributed by atoms with E-state index < -0.39 is 11.3 Å². The zero-order valence-electron chi connectivity index (χ0n) is 11.4. The largest absolute Gasteiger partial charge is 0.496 e. The molecule has 0 aliphatic heterocycles. The standard InChI is InChI=1S/C14H19ClO3/c1-14(2,3)10-8-9(6-7-11(10)17-4)12(15)13(16)18-5/h6-8,12H,1-5H3. The van der Waals surface area contributed by atoms with Gasteiger partial charge in [-0.2, -0.15) is 0 Å². The van der Waals surface area contributed by atoms with Gasteiger partial charge in [-0.1, -0.05) is 26.8 Å². The lowest BCUT2D eigenvalue weighted by Crippen LogP contribution is -2.15. The van der Waals surface area contributed by atoms with Crippen LogP contribution in [-0.4, -0.2) is 20.2 Å². The van der Waals surface area contributed by atoms with Gasteiger partial charge in [-0.15, -0.1) is 11.6 Å². The fourth-order valence-electron chi connectivity index (χ4n) is 1.71. The van der Waals surface area contributed by atoms with Gasteiger partial charge in [0.05, 0.1) is 14.2 Å². The Hall–Kier alpha value is -1.22. The molecule has 4 heteroatoms. The molecule has 0 fully saturated rings. The van der Waals surface area contributed by atoms with E-state index in [2.05, 4.69) is 25.5 Å². The summed E-state index contributed by atoms with van der Waals surface area (Å²) in [6.45, 7) is 6.24. The Bertz CT molecular complexity index is 435. The van der Waals surface area contributed by atoms with Crippen molar-refractivity contribution in [3.63, 3.8) is 0 Å². The highest BCUT2D eigenvalue weighted by atomic mass is 35.5. The van der Waals surface area contributed by atoms with Crippen molar-refractivity contribution in [1.29, 1.82) is 0 Å². The smallest absolute Gasteiger partial charge is 0.328 e. The van der Waals surface area contributed by atoms with Crippen LogP contribution in [0, 0.1) is 0 Å². The molecule has 3 nitrogen and oxygen atoms in total. The maximum absolute atomic E-state index is 11.4. The van der Waals surface area contributed by atoms with E-state index in [1.54, 1.807) is 13.2 Å². The zero-order valence-corrected chi connectivity index (χ0v) is 12.2. The number of hydrogen-bond acceptors (Lipinski definition) is 3. The van der Waals surface area contributed by atoms with Gasteiger partial charge < -0.3 is 9.47 Å². The molecule has 1 aromatic carbocycles. The Morgan fingerprint density at radius 1 is 1.28 bits per heavy atom. The summed E-state index contributed by atoms with van der Waals surface area (Å²) in [6.07, 6.45) is 0. The summed E-state index contributed by atoms with van der Waals surface area (Å²) in [6, 6.07) is 5.50. The molecule has 0 saturated carbocycles. The molecule has 1 unspecified atom stereocenters. The van der Waals surface area contributed by atoms with Crippen molar-refractivity contribution >= 4 is 17.6 Å². The van der Waals surface area contributed by atoms with Crippen molar-refractivity contribution in [2.24, 2.45) is 0 Å². The summed E-state index contributed by atoms with van der Waals surface area (Å²) < 4.78 is 9.98. The van der Waals surface area contributed by atoms with Crippen molar-refractivity contribution < 1.29 is 14.3 Å². The summed E-state index contributed by atoms with van der Waals surface area (Å²) in [4.78, 5) is 11.4. The SMILES string of the molecule is COC(=O)C(Cl)c1ccc(OC)c(C(C)(C)C)c1. The minimum atomic E-state index is -0.790. The molecule has 1 aromatic rings. The summed E-state index contributed by atoms with van der Waals surface area (Å²) >= 11 is 6.06. The van der Waals surface area contributed by atoms with Crippen molar-refractivity contribution in [3.05, 3.63) is 29.3 Å². The van der Waals surface area contributed by atoms with Gasteiger partial charge in [-0.3, -0.25) is 4.79 Å². The molecule has 0 heterocycles. The second-order valence-corrected chi connectivity index (χ2v) is 5.53. The molecule has 18 heavy (non-hydrogen) atoms. The lowest BCUT2D eigenvalue weighted by Gasteiger charge is -2.23. The second-order valence-electron chi connectivity index (χ2n) is 5.10. The van der Waals surface area contributed by atoms with Gasteiger partial charge in [0.15, 0.2) is 5.38 Å². The van der Waals surface area contributed by atoms with Crippen molar-refractivity contribution in [1.82, 2.24) is 0 Å². The maximum atomic E-state index is 11.4. The minimum absolute atomic E-state index is 0.0892. The number of carbonyl (C=O) groups excluding carboxylic acids is 1. The molecular formula is C14H19ClO3. The summed E-state index contributed by atoms with van der Waals surface area (Å²) in [5, 5.41) is -0.790. The monoisotopic (exact) mass is 270 g/mol. The number of hydrogen-bond donors (Lipinski definition) is 0. The fourth-order valence-corrected chi connectivity index (χ4v) is 1.93. The third kappa shape index (κ3) is 3.16. The number of methoxy groups -OCH3 is 2. The van der Waals surface area contributed by atoms with Crippen LogP contribution >= 0.6 is 11.6 Å². The fraction of sp³-hybridized carbons (Fsp3) is 0.500. The summed E-state index contributed by atoms with van der Waals surface area (Å²) in [5.41, 5.74) is 1.64. The first-order valence-electron chi connectivity index (χ1n) is 5.71. The zero-order chi connectivity index (χ0) is 13.9. The molecule has 0 N–H and O–H groups in total. The van der Waals surface area contributed by atoms with Crippen LogP contribution < -0.4 is 4.74 Å². The van der Waals surface area contributed by atoms with Crippen LogP contribution in [0.1, 0.15) is 37.3 Å². The number of alkyl halides is 1.